The molecular weight excluding hydrogens is 460 g/mol. The van der Waals surface area contributed by atoms with Gasteiger partial charge < -0.3 is 10.0 Å². The summed E-state index contributed by atoms with van der Waals surface area (Å²) in [6, 6.07) is 8.20. The Morgan fingerprint density at radius 3 is 2.29 bits per heavy atom. The monoisotopic (exact) mass is 488 g/mol. The van der Waals surface area contributed by atoms with Gasteiger partial charge >= 0.3 is 0 Å². The van der Waals surface area contributed by atoms with Gasteiger partial charge in [0.25, 0.3) is 0 Å². The predicted molar refractivity (Wildman–Crippen MR) is 143 cm³/mol. The van der Waals surface area contributed by atoms with Gasteiger partial charge in [-0.05, 0) is 62.7 Å². The zero-order chi connectivity index (χ0) is 24.0. The third kappa shape index (κ3) is 3.31. The molecule has 174 valence electrons. The van der Waals surface area contributed by atoms with E-state index in [-0.39, 0.29) is 11.5 Å². The van der Waals surface area contributed by atoms with Crippen molar-refractivity contribution in [2.45, 2.75) is 27.7 Å². The van der Waals surface area contributed by atoms with Gasteiger partial charge in [0.15, 0.2) is 5.78 Å². The molecule has 0 spiro atoms. The molecule has 3 aromatic rings. The lowest BCUT2D eigenvalue weighted by Gasteiger charge is -2.33. The summed E-state index contributed by atoms with van der Waals surface area (Å²) in [6.45, 7) is 12.2. The van der Waals surface area contributed by atoms with Crippen LogP contribution in [0.15, 0.2) is 58.5 Å². The van der Waals surface area contributed by atoms with Gasteiger partial charge in [-0.1, -0.05) is 11.8 Å². The quantitative estimate of drug-likeness (QED) is 0.348. The molecule has 2 aromatic heterocycles. The highest BCUT2D eigenvalue weighted by atomic mass is 32.1. The summed E-state index contributed by atoms with van der Waals surface area (Å²) in [6.07, 6.45) is 4.01. The fraction of sp³-hybridized carbons (Fsp3) is 0.286. The average molecular weight is 489 g/mol. The van der Waals surface area contributed by atoms with E-state index in [0.717, 1.165) is 69.2 Å². The number of allylic oxidation sites excluding steroid dienone is 5. The van der Waals surface area contributed by atoms with E-state index in [1.807, 2.05) is 22.9 Å². The summed E-state index contributed by atoms with van der Waals surface area (Å²) < 4.78 is 3.31. The Morgan fingerprint density at radius 1 is 0.882 bits per heavy atom. The van der Waals surface area contributed by atoms with Gasteiger partial charge in [-0.3, -0.25) is 4.79 Å². The molecule has 0 unspecified atom stereocenters. The van der Waals surface area contributed by atoms with Crippen LogP contribution < -0.4 is 10.0 Å². The number of hydrogen-bond acceptors (Lipinski definition) is 5. The molecule has 4 nitrogen and oxygen atoms in total. The SMILES string of the molecule is CCN(CC)c1ccc(C2=C([O-])/C(=C3\C=CC(=[N+](CC)CC)c4ccsc43)C2=O)c2sccc12. The van der Waals surface area contributed by atoms with E-state index in [1.165, 1.54) is 0 Å². The second-order valence-corrected chi connectivity index (χ2v) is 10.2. The minimum absolute atomic E-state index is 0.138. The number of anilines is 1. The highest BCUT2D eigenvalue weighted by Gasteiger charge is 2.35. The number of carbonyl (C=O) groups excluding carboxylic acids is 1. The molecule has 2 aliphatic carbocycles. The maximum Gasteiger partial charge on any atom is 0.208 e. The average Bonchev–Trinajstić information content (AvgIpc) is 3.53. The topological polar surface area (TPSA) is 46.4 Å². The highest BCUT2D eigenvalue weighted by molar-refractivity contribution is 7.17. The molecule has 5 rings (SSSR count). The predicted octanol–water partition coefficient (Wildman–Crippen LogP) is 5.33. The van der Waals surface area contributed by atoms with Crippen molar-refractivity contribution in [3.05, 3.63) is 74.5 Å². The van der Waals surface area contributed by atoms with Gasteiger partial charge in [-0.2, -0.15) is 0 Å². The van der Waals surface area contributed by atoms with Crippen molar-refractivity contribution < 1.29 is 14.5 Å². The number of benzene rings is 1. The molecule has 0 fully saturated rings. The second-order valence-electron chi connectivity index (χ2n) is 8.34. The van der Waals surface area contributed by atoms with Crippen LogP contribution in [-0.4, -0.2) is 42.2 Å². The first-order valence-electron chi connectivity index (χ1n) is 11.9. The molecule has 2 heterocycles. The summed E-state index contributed by atoms with van der Waals surface area (Å²) in [4.78, 5) is 16.8. The van der Waals surface area contributed by atoms with Crippen LogP contribution in [0.2, 0.25) is 0 Å². The van der Waals surface area contributed by atoms with Crippen LogP contribution in [0.1, 0.15) is 43.7 Å². The van der Waals surface area contributed by atoms with E-state index in [1.54, 1.807) is 22.7 Å². The largest absolute Gasteiger partial charge is 0.871 e. The summed E-state index contributed by atoms with van der Waals surface area (Å²) in [5, 5.41) is 18.7. The first kappa shape index (κ1) is 22.8. The standard InChI is InChI=1S/C28H28N2O2S2/c1-5-29(6-2)21-11-9-19(27-17(21)13-15-33-27)23-25(31)24(26(23)32)20-10-12-22(30(7-3)8-4)18-14-16-34-28(18)20/h9-16H,5-8H2,1-4H3. The Bertz CT molecular complexity index is 1420. The maximum absolute atomic E-state index is 13.5. The minimum atomic E-state index is -0.138. The highest BCUT2D eigenvalue weighted by Crippen LogP contribution is 2.46. The van der Waals surface area contributed by atoms with E-state index in [2.05, 4.69) is 61.4 Å². The van der Waals surface area contributed by atoms with E-state index >= 15 is 0 Å². The summed E-state index contributed by atoms with van der Waals surface area (Å²) in [5.41, 5.74) is 5.60. The normalized spacial score (nSPS) is 17.4. The summed E-state index contributed by atoms with van der Waals surface area (Å²) >= 11 is 3.19. The molecule has 0 saturated heterocycles. The Kier molecular flexibility index (Phi) is 6.04. The molecule has 6 heteroatoms. The molecule has 0 atom stereocenters. The molecule has 0 N–H and O–H groups in total. The van der Waals surface area contributed by atoms with Crippen LogP contribution in [0.3, 0.4) is 0 Å². The van der Waals surface area contributed by atoms with Crippen LogP contribution in [0.25, 0.3) is 21.2 Å². The third-order valence-electron chi connectivity index (χ3n) is 6.84. The molecule has 0 saturated carbocycles. The third-order valence-corrected chi connectivity index (χ3v) is 8.74. The van der Waals surface area contributed by atoms with Crippen molar-refractivity contribution in [2.75, 3.05) is 31.1 Å². The van der Waals surface area contributed by atoms with Gasteiger partial charge in [0.1, 0.15) is 13.1 Å². The van der Waals surface area contributed by atoms with Crippen molar-refractivity contribution in [3.63, 3.8) is 0 Å². The Morgan fingerprint density at radius 2 is 1.62 bits per heavy atom. The van der Waals surface area contributed by atoms with Crippen LogP contribution in [0, 0.1) is 0 Å². The fourth-order valence-electron chi connectivity index (χ4n) is 5.05. The van der Waals surface area contributed by atoms with Crippen molar-refractivity contribution in [1.29, 1.82) is 0 Å². The smallest absolute Gasteiger partial charge is 0.208 e. The molecule has 2 aliphatic rings. The molecule has 1 aromatic carbocycles. The Labute approximate surface area is 208 Å². The molecule has 34 heavy (non-hydrogen) atoms. The van der Waals surface area contributed by atoms with Gasteiger partial charge in [0.2, 0.25) is 5.71 Å². The molecule has 0 aliphatic heterocycles. The van der Waals surface area contributed by atoms with Crippen LogP contribution in [-0.2, 0) is 4.79 Å². The fourth-order valence-corrected chi connectivity index (χ4v) is 6.93. The maximum atomic E-state index is 13.5. The lowest BCUT2D eigenvalue weighted by molar-refractivity contribution is -0.519. The van der Waals surface area contributed by atoms with Crippen molar-refractivity contribution in [2.24, 2.45) is 0 Å². The zero-order valence-corrected chi connectivity index (χ0v) is 21.6. The number of Topliss-reactive ketones (excluding diaryl/α,β-unsaturated/α-hetero) is 1. The van der Waals surface area contributed by atoms with Crippen molar-refractivity contribution in [3.8, 4) is 0 Å². The van der Waals surface area contributed by atoms with E-state index in [4.69, 9.17) is 0 Å². The number of thiophene rings is 2. The summed E-state index contributed by atoms with van der Waals surface area (Å²) in [5.74, 6) is -0.277. The number of hydrogen-bond donors (Lipinski definition) is 0. The molecular formula is C28H28N2O2S2. The van der Waals surface area contributed by atoms with Crippen LogP contribution >= 0.6 is 22.7 Å². The first-order valence-corrected chi connectivity index (χ1v) is 13.7. The van der Waals surface area contributed by atoms with E-state index in [9.17, 15) is 9.90 Å². The van der Waals surface area contributed by atoms with Gasteiger partial charge in [0, 0.05) is 62.1 Å². The van der Waals surface area contributed by atoms with Crippen molar-refractivity contribution >= 4 is 61.1 Å². The molecule has 0 amide bonds. The lowest BCUT2D eigenvalue weighted by atomic mass is 9.79. The second kappa shape index (κ2) is 9.01. The number of carbonyl (C=O) groups is 1. The van der Waals surface area contributed by atoms with E-state index < -0.39 is 0 Å². The lowest BCUT2D eigenvalue weighted by Crippen LogP contribution is -2.31. The van der Waals surface area contributed by atoms with Gasteiger partial charge in [-0.25, -0.2) is 4.58 Å². The number of nitrogens with zero attached hydrogens (tertiary/aromatic N) is 2. The Balaban J connectivity index is 1.64. The molecule has 0 bridgehead atoms. The van der Waals surface area contributed by atoms with Crippen LogP contribution in [0.4, 0.5) is 5.69 Å². The Hall–Kier alpha value is -2.96. The number of rotatable bonds is 6. The van der Waals surface area contributed by atoms with Gasteiger partial charge in [0.05, 0.1) is 5.56 Å². The minimum Gasteiger partial charge on any atom is -0.871 e. The zero-order valence-electron chi connectivity index (χ0n) is 20.0. The molecule has 0 radical (unpaired) electrons. The summed E-state index contributed by atoms with van der Waals surface area (Å²) in [7, 11) is 0. The first-order chi connectivity index (χ1) is 16.5. The van der Waals surface area contributed by atoms with Crippen molar-refractivity contribution in [1.82, 2.24) is 0 Å². The number of fused-ring (bicyclic) bond motifs is 2. The van der Waals surface area contributed by atoms with Crippen LogP contribution in [0.5, 0.6) is 0 Å². The van der Waals surface area contributed by atoms with Gasteiger partial charge in [-0.15, -0.1) is 22.7 Å². The number of ketones is 1. The van der Waals surface area contributed by atoms with E-state index in [0.29, 0.717) is 11.1 Å².